The van der Waals surface area contributed by atoms with Crippen molar-refractivity contribution in [2.24, 2.45) is 5.73 Å². The number of anilines is 2. The molecule has 0 amide bonds. The molecule has 0 bridgehead atoms. The SMILES string of the molecule is CCc1cnn2c(NC3CCC(N)CC3)cc(N3CCCC[C@H]3CCO)nc12. The Balaban J connectivity index is 1.68. The maximum atomic E-state index is 9.51. The largest absolute Gasteiger partial charge is 0.396 e. The van der Waals surface area contributed by atoms with E-state index >= 15 is 0 Å². The Morgan fingerprint density at radius 3 is 2.79 bits per heavy atom. The summed E-state index contributed by atoms with van der Waals surface area (Å²) in [7, 11) is 0. The minimum absolute atomic E-state index is 0.226. The van der Waals surface area contributed by atoms with Crippen LogP contribution < -0.4 is 16.0 Å². The maximum absolute atomic E-state index is 9.51. The van der Waals surface area contributed by atoms with Crippen molar-refractivity contribution >= 4 is 17.3 Å². The van der Waals surface area contributed by atoms with E-state index in [9.17, 15) is 5.11 Å². The first kappa shape index (κ1) is 19.5. The molecule has 1 saturated heterocycles. The summed E-state index contributed by atoms with van der Waals surface area (Å²) in [6.45, 7) is 3.38. The van der Waals surface area contributed by atoms with Crippen LogP contribution in [-0.2, 0) is 6.42 Å². The molecule has 0 radical (unpaired) electrons. The topological polar surface area (TPSA) is 91.7 Å². The van der Waals surface area contributed by atoms with Crippen LogP contribution in [0.4, 0.5) is 11.6 Å². The molecular formula is C21H34N6O. The van der Waals surface area contributed by atoms with Crippen molar-refractivity contribution in [3.63, 3.8) is 0 Å². The van der Waals surface area contributed by atoms with Gasteiger partial charge in [0, 0.05) is 42.9 Å². The normalized spacial score (nSPS) is 26.0. The monoisotopic (exact) mass is 386 g/mol. The van der Waals surface area contributed by atoms with Crippen molar-refractivity contribution in [3.8, 4) is 0 Å². The lowest BCUT2D eigenvalue weighted by atomic mass is 9.92. The number of aliphatic hydroxyl groups is 1. The molecule has 28 heavy (non-hydrogen) atoms. The number of nitrogens with two attached hydrogens (primary N) is 1. The average Bonchev–Trinajstić information content (AvgIpc) is 3.14. The lowest BCUT2D eigenvalue weighted by molar-refractivity contribution is 0.262. The molecule has 2 aromatic rings. The van der Waals surface area contributed by atoms with Gasteiger partial charge < -0.3 is 21.1 Å². The van der Waals surface area contributed by atoms with Gasteiger partial charge in [0.15, 0.2) is 5.65 Å². The van der Waals surface area contributed by atoms with Crippen molar-refractivity contribution < 1.29 is 5.11 Å². The molecule has 0 spiro atoms. The first-order chi connectivity index (χ1) is 13.7. The van der Waals surface area contributed by atoms with Crippen LogP contribution in [0, 0.1) is 0 Å². The van der Waals surface area contributed by atoms with Crippen molar-refractivity contribution in [1.29, 1.82) is 0 Å². The number of aromatic nitrogens is 3. The molecule has 1 aliphatic heterocycles. The van der Waals surface area contributed by atoms with Crippen molar-refractivity contribution in [3.05, 3.63) is 17.8 Å². The second kappa shape index (κ2) is 8.66. The number of nitrogens with zero attached hydrogens (tertiary/aromatic N) is 4. The van der Waals surface area contributed by atoms with Crippen LogP contribution in [0.25, 0.3) is 5.65 Å². The zero-order valence-electron chi connectivity index (χ0n) is 17.0. The van der Waals surface area contributed by atoms with Crippen LogP contribution in [-0.4, -0.2) is 51.0 Å². The summed E-state index contributed by atoms with van der Waals surface area (Å²) in [5.41, 5.74) is 8.21. The molecule has 4 rings (SSSR count). The predicted octanol–water partition coefficient (Wildman–Crippen LogP) is 2.71. The third-order valence-electron chi connectivity index (χ3n) is 6.42. The van der Waals surface area contributed by atoms with Crippen molar-refractivity contribution in [1.82, 2.24) is 14.6 Å². The molecule has 2 aliphatic rings. The second-order valence-electron chi connectivity index (χ2n) is 8.37. The van der Waals surface area contributed by atoms with Crippen molar-refractivity contribution in [2.75, 3.05) is 23.4 Å². The van der Waals surface area contributed by atoms with Gasteiger partial charge in [-0.1, -0.05) is 6.92 Å². The molecule has 2 fully saturated rings. The van der Waals surface area contributed by atoms with Gasteiger partial charge in [-0.3, -0.25) is 0 Å². The first-order valence-corrected chi connectivity index (χ1v) is 11.0. The molecule has 0 unspecified atom stereocenters. The molecule has 7 nitrogen and oxygen atoms in total. The molecule has 2 aromatic heterocycles. The lowest BCUT2D eigenvalue weighted by Gasteiger charge is -2.37. The Morgan fingerprint density at radius 2 is 2.04 bits per heavy atom. The van der Waals surface area contributed by atoms with Crippen LogP contribution in [0.15, 0.2) is 12.3 Å². The molecule has 1 atom stereocenters. The highest BCUT2D eigenvalue weighted by molar-refractivity contribution is 5.61. The number of piperidine rings is 1. The molecule has 0 aromatic carbocycles. The fourth-order valence-corrected chi connectivity index (χ4v) is 4.72. The minimum Gasteiger partial charge on any atom is -0.396 e. The number of rotatable bonds is 6. The zero-order chi connectivity index (χ0) is 19.5. The van der Waals surface area contributed by atoms with E-state index in [4.69, 9.17) is 10.7 Å². The van der Waals surface area contributed by atoms with Crippen LogP contribution >= 0.6 is 0 Å². The zero-order valence-corrected chi connectivity index (χ0v) is 17.0. The van der Waals surface area contributed by atoms with Gasteiger partial charge in [-0.15, -0.1) is 0 Å². The Kier molecular flexibility index (Phi) is 6.01. The van der Waals surface area contributed by atoms with E-state index in [2.05, 4.69) is 28.3 Å². The number of fused-ring (bicyclic) bond motifs is 1. The molecule has 1 saturated carbocycles. The van der Waals surface area contributed by atoms with Crippen LogP contribution in [0.1, 0.15) is 63.9 Å². The average molecular weight is 387 g/mol. The summed E-state index contributed by atoms with van der Waals surface area (Å²) in [6, 6.07) is 3.29. The van der Waals surface area contributed by atoms with E-state index in [0.717, 1.165) is 68.8 Å². The number of hydrogen-bond acceptors (Lipinski definition) is 6. The van der Waals surface area contributed by atoms with Gasteiger partial charge in [-0.25, -0.2) is 4.98 Å². The maximum Gasteiger partial charge on any atom is 0.162 e. The fraction of sp³-hybridized carbons (Fsp3) is 0.714. The van der Waals surface area contributed by atoms with Gasteiger partial charge in [0.05, 0.1) is 6.20 Å². The lowest BCUT2D eigenvalue weighted by Crippen LogP contribution is -2.41. The summed E-state index contributed by atoms with van der Waals surface area (Å²) < 4.78 is 1.96. The van der Waals surface area contributed by atoms with Gasteiger partial charge in [0.1, 0.15) is 11.6 Å². The van der Waals surface area contributed by atoms with Crippen LogP contribution in [0.3, 0.4) is 0 Å². The number of hydrogen-bond donors (Lipinski definition) is 3. The Bertz CT molecular complexity index is 781. The van der Waals surface area contributed by atoms with E-state index in [0.29, 0.717) is 18.1 Å². The second-order valence-corrected chi connectivity index (χ2v) is 8.37. The molecule has 3 heterocycles. The fourth-order valence-electron chi connectivity index (χ4n) is 4.72. The molecule has 1 aliphatic carbocycles. The smallest absolute Gasteiger partial charge is 0.162 e. The Hall–Kier alpha value is -1.86. The summed E-state index contributed by atoms with van der Waals surface area (Å²) in [5, 5.41) is 17.9. The van der Waals surface area contributed by atoms with E-state index in [-0.39, 0.29) is 6.61 Å². The molecule has 4 N–H and O–H groups in total. The van der Waals surface area contributed by atoms with E-state index < -0.39 is 0 Å². The molecule has 154 valence electrons. The standard InChI is InChI=1S/C21H34N6O/c1-2-15-14-23-27-20(24-17-8-6-16(22)7-9-17)13-19(25-21(15)27)26-11-4-3-5-18(26)10-12-28/h13-14,16-18,24,28H,2-12,22H2,1H3/t16?,17?,18-/m0/s1. The van der Waals surface area contributed by atoms with E-state index in [1.54, 1.807) is 0 Å². The number of nitrogens with one attached hydrogen (secondary N) is 1. The van der Waals surface area contributed by atoms with Crippen molar-refractivity contribution in [2.45, 2.75) is 82.8 Å². The van der Waals surface area contributed by atoms with Gasteiger partial charge in [-0.2, -0.15) is 9.61 Å². The highest BCUT2D eigenvalue weighted by Gasteiger charge is 2.26. The summed E-state index contributed by atoms with van der Waals surface area (Å²) in [4.78, 5) is 7.41. The molecule has 7 heteroatoms. The number of aryl methyl sites for hydroxylation is 1. The number of aliphatic hydroxyl groups excluding tert-OH is 1. The van der Waals surface area contributed by atoms with Gasteiger partial charge in [-0.05, 0) is 57.8 Å². The first-order valence-electron chi connectivity index (χ1n) is 11.0. The quantitative estimate of drug-likeness (QED) is 0.707. The third-order valence-corrected chi connectivity index (χ3v) is 6.42. The minimum atomic E-state index is 0.226. The van der Waals surface area contributed by atoms with Gasteiger partial charge >= 0.3 is 0 Å². The Labute approximate surface area is 167 Å². The summed E-state index contributed by atoms with van der Waals surface area (Å²) in [6.07, 6.45) is 11.5. The highest BCUT2D eigenvalue weighted by atomic mass is 16.3. The third kappa shape index (κ3) is 3.96. The predicted molar refractivity (Wildman–Crippen MR) is 113 cm³/mol. The summed E-state index contributed by atoms with van der Waals surface area (Å²) in [5.74, 6) is 2.03. The van der Waals surface area contributed by atoms with E-state index in [1.165, 1.54) is 18.4 Å². The summed E-state index contributed by atoms with van der Waals surface area (Å²) >= 11 is 0. The highest BCUT2D eigenvalue weighted by Crippen LogP contribution is 2.30. The van der Waals surface area contributed by atoms with Gasteiger partial charge in [0.2, 0.25) is 0 Å². The van der Waals surface area contributed by atoms with Crippen LogP contribution in [0.2, 0.25) is 0 Å². The van der Waals surface area contributed by atoms with E-state index in [1.807, 2.05) is 10.7 Å². The van der Waals surface area contributed by atoms with Crippen LogP contribution in [0.5, 0.6) is 0 Å². The molecular weight excluding hydrogens is 352 g/mol. The Morgan fingerprint density at radius 1 is 1.21 bits per heavy atom. The van der Waals surface area contributed by atoms with Gasteiger partial charge in [0.25, 0.3) is 0 Å².